The number of rotatable bonds is 1. The van der Waals surface area contributed by atoms with Gasteiger partial charge in [0.05, 0.1) is 13.7 Å². The summed E-state index contributed by atoms with van der Waals surface area (Å²) < 4.78 is 10.1. The first-order chi connectivity index (χ1) is 5.68. The van der Waals surface area contributed by atoms with Gasteiger partial charge in [0.1, 0.15) is 0 Å². The molecule has 5 heteroatoms. The molecule has 2 heterocycles. The molecule has 1 atom stereocenters. The molecule has 0 aromatic rings. The quantitative estimate of drug-likeness (QED) is 0.619. The molecule has 2 aliphatic heterocycles. The van der Waals surface area contributed by atoms with Crippen LogP contribution in [0.25, 0.3) is 0 Å². The lowest BCUT2D eigenvalue weighted by Gasteiger charge is -2.52. The summed E-state index contributed by atoms with van der Waals surface area (Å²) in [7, 11) is 1.39. The van der Waals surface area contributed by atoms with Gasteiger partial charge in [0.15, 0.2) is 5.60 Å². The Kier molecular flexibility index (Phi) is 2.85. The molecule has 13 heavy (non-hydrogen) atoms. The van der Waals surface area contributed by atoms with Gasteiger partial charge in [0.25, 0.3) is 0 Å². The number of hydrogen-bond donors (Lipinski definition) is 1. The maximum atomic E-state index is 11.2. The lowest BCUT2D eigenvalue weighted by Crippen LogP contribution is -2.64. The Morgan fingerprint density at radius 3 is 2.62 bits per heavy atom. The maximum absolute atomic E-state index is 11.2. The SMILES string of the molecule is COC(=O)C12CC(C1)C(N)CO2.Cl. The number of ether oxygens (including phenoxy) is 2. The summed E-state index contributed by atoms with van der Waals surface area (Å²) in [5.41, 5.74) is 5.11. The molecular weight excluding hydrogens is 194 g/mol. The van der Waals surface area contributed by atoms with Crippen LogP contribution in [0.5, 0.6) is 0 Å². The number of fused-ring (bicyclic) bond motifs is 2. The molecule has 3 fully saturated rings. The first kappa shape index (κ1) is 10.8. The summed E-state index contributed by atoms with van der Waals surface area (Å²) >= 11 is 0. The molecule has 1 aliphatic carbocycles. The summed E-state index contributed by atoms with van der Waals surface area (Å²) in [6.45, 7) is 0.486. The van der Waals surface area contributed by atoms with Crippen molar-refractivity contribution >= 4 is 18.4 Å². The van der Waals surface area contributed by atoms with Gasteiger partial charge >= 0.3 is 5.97 Å². The van der Waals surface area contributed by atoms with Gasteiger partial charge in [-0.2, -0.15) is 0 Å². The zero-order valence-corrected chi connectivity index (χ0v) is 8.30. The molecule has 4 nitrogen and oxygen atoms in total. The number of carbonyl (C=O) groups excluding carboxylic acids is 1. The van der Waals surface area contributed by atoms with E-state index in [-0.39, 0.29) is 24.4 Å². The highest BCUT2D eigenvalue weighted by Gasteiger charge is 2.57. The van der Waals surface area contributed by atoms with E-state index in [4.69, 9.17) is 10.5 Å². The molecule has 2 bridgehead atoms. The van der Waals surface area contributed by atoms with Gasteiger partial charge in [0, 0.05) is 6.04 Å². The molecule has 2 N–H and O–H groups in total. The Balaban J connectivity index is 0.000000845. The van der Waals surface area contributed by atoms with E-state index in [1.807, 2.05) is 0 Å². The van der Waals surface area contributed by atoms with Crippen LogP contribution in [0.2, 0.25) is 0 Å². The fourth-order valence-electron chi connectivity index (χ4n) is 2.01. The standard InChI is InChI=1S/C8H13NO3.ClH/c1-11-7(10)8-2-5(3-8)6(9)4-12-8;/h5-6H,2-4,9H2,1H3;1H. The molecule has 2 saturated heterocycles. The van der Waals surface area contributed by atoms with Gasteiger partial charge in [-0.1, -0.05) is 0 Å². The van der Waals surface area contributed by atoms with Crippen LogP contribution >= 0.6 is 12.4 Å². The second-order valence-corrected chi connectivity index (χ2v) is 3.63. The number of methoxy groups -OCH3 is 1. The Morgan fingerprint density at radius 1 is 1.62 bits per heavy atom. The predicted octanol–water partition coefficient (Wildman–Crippen LogP) is 0.0875. The van der Waals surface area contributed by atoms with E-state index >= 15 is 0 Å². The topological polar surface area (TPSA) is 61.5 Å². The van der Waals surface area contributed by atoms with E-state index in [1.165, 1.54) is 7.11 Å². The minimum absolute atomic E-state index is 0. The van der Waals surface area contributed by atoms with E-state index in [0.29, 0.717) is 12.5 Å². The van der Waals surface area contributed by atoms with Crippen LogP contribution < -0.4 is 5.73 Å². The average molecular weight is 208 g/mol. The van der Waals surface area contributed by atoms with Crippen molar-refractivity contribution in [2.45, 2.75) is 24.5 Å². The van der Waals surface area contributed by atoms with Crippen molar-refractivity contribution in [2.24, 2.45) is 11.7 Å². The zero-order chi connectivity index (χ0) is 8.77. The second-order valence-electron chi connectivity index (χ2n) is 3.63. The average Bonchev–Trinajstić information content (AvgIpc) is 2.02. The van der Waals surface area contributed by atoms with E-state index in [9.17, 15) is 4.79 Å². The lowest BCUT2D eigenvalue weighted by molar-refractivity contribution is -0.214. The summed E-state index contributed by atoms with van der Waals surface area (Å²) in [4.78, 5) is 11.2. The second kappa shape index (κ2) is 3.44. The van der Waals surface area contributed by atoms with E-state index < -0.39 is 5.60 Å². The number of halogens is 1. The minimum atomic E-state index is -0.630. The van der Waals surface area contributed by atoms with Crippen molar-refractivity contribution in [1.82, 2.24) is 0 Å². The van der Waals surface area contributed by atoms with E-state index in [0.717, 1.165) is 12.8 Å². The summed E-state index contributed by atoms with van der Waals surface area (Å²) in [5.74, 6) is 0.212. The van der Waals surface area contributed by atoms with Gasteiger partial charge in [-0.05, 0) is 18.8 Å². The van der Waals surface area contributed by atoms with Crippen LogP contribution in [-0.4, -0.2) is 31.3 Å². The van der Waals surface area contributed by atoms with Crippen molar-refractivity contribution in [3.05, 3.63) is 0 Å². The molecule has 3 rings (SSSR count). The Morgan fingerprint density at radius 2 is 2.23 bits per heavy atom. The molecule has 0 radical (unpaired) electrons. The highest BCUT2D eigenvalue weighted by Crippen LogP contribution is 2.47. The van der Waals surface area contributed by atoms with Gasteiger partial charge in [-0.3, -0.25) is 0 Å². The first-order valence-electron chi connectivity index (χ1n) is 4.16. The third kappa shape index (κ3) is 1.43. The monoisotopic (exact) mass is 207 g/mol. The molecule has 0 amide bonds. The van der Waals surface area contributed by atoms with Crippen LogP contribution in [0.4, 0.5) is 0 Å². The molecule has 1 saturated carbocycles. The zero-order valence-electron chi connectivity index (χ0n) is 7.49. The highest BCUT2D eigenvalue weighted by molar-refractivity contribution is 5.85. The van der Waals surface area contributed by atoms with E-state index in [2.05, 4.69) is 4.74 Å². The molecule has 0 aromatic heterocycles. The number of carbonyl (C=O) groups is 1. The molecule has 0 spiro atoms. The van der Waals surface area contributed by atoms with Crippen molar-refractivity contribution in [3.8, 4) is 0 Å². The molecule has 76 valence electrons. The summed E-state index contributed by atoms with van der Waals surface area (Å²) in [6, 6.07) is 0.108. The van der Waals surface area contributed by atoms with E-state index in [1.54, 1.807) is 0 Å². The largest absolute Gasteiger partial charge is 0.467 e. The van der Waals surface area contributed by atoms with Gasteiger partial charge in [-0.25, -0.2) is 4.79 Å². The summed E-state index contributed by atoms with van der Waals surface area (Å²) in [5, 5.41) is 0. The third-order valence-corrected chi connectivity index (χ3v) is 2.90. The van der Waals surface area contributed by atoms with Crippen LogP contribution in [0.3, 0.4) is 0 Å². The van der Waals surface area contributed by atoms with Crippen molar-refractivity contribution in [3.63, 3.8) is 0 Å². The molecule has 1 unspecified atom stereocenters. The molecular formula is C8H14ClNO3. The molecule has 0 aromatic carbocycles. The van der Waals surface area contributed by atoms with Crippen molar-refractivity contribution in [1.29, 1.82) is 0 Å². The Labute approximate surface area is 83.2 Å². The summed E-state index contributed by atoms with van der Waals surface area (Å²) in [6.07, 6.45) is 1.47. The van der Waals surface area contributed by atoms with Crippen molar-refractivity contribution < 1.29 is 14.3 Å². The fourth-order valence-corrected chi connectivity index (χ4v) is 2.01. The van der Waals surface area contributed by atoms with Gasteiger partial charge < -0.3 is 15.2 Å². The maximum Gasteiger partial charge on any atom is 0.338 e. The van der Waals surface area contributed by atoms with Crippen molar-refractivity contribution in [2.75, 3.05) is 13.7 Å². The molecule has 3 aliphatic rings. The normalized spacial score (nSPS) is 41.4. The number of esters is 1. The Bertz CT molecular complexity index is 210. The predicted molar refractivity (Wildman–Crippen MR) is 48.6 cm³/mol. The van der Waals surface area contributed by atoms with Crippen LogP contribution in [-0.2, 0) is 14.3 Å². The van der Waals surface area contributed by atoms with Crippen LogP contribution in [0.1, 0.15) is 12.8 Å². The fraction of sp³-hybridized carbons (Fsp3) is 0.875. The van der Waals surface area contributed by atoms with Crippen LogP contribution in [0, 0.1) is 5.92 Å². The first-order valence-corrected chi connectivity index (χ1v) is 4.16. The number of nitrogens with two attached hydrogens (primary N) is 1. The Hall–Kier alpha value is -0.320. The van der Waals surface area contributed by atoms with Crippen LogP contribution in [0.15, 0.2) is 0 Å². The van der Waals surface area contributed by atoms with Gasteiger partial charge in [-0.15, -0.1) is 12.4 Å². The number of hydrogen-bond acceptors (Lipinski definition) is 4. The van der Waals surface area contributed by atoms with Gasteiger partial charge in [0.2, 0.25) is 0 Å². The minimum Gasteiger partial charge on any atom is -0.467 e. The highest BCUT2D eigenvalue weighted by atomic mass is 35.5. The third-order valence-electron chi connectivity index (χ3n) is 2.90. The smallest absolute Gasteiger partial charge is 0.338 e. The lowest BCUT2D eigenvalue weighted by atomic mass is 9.65.